The SMILES string of the molecule is CN(C)c1ccc(C([PH](C)(C)C)[PH](C)(C)C)cc1. The molecule has 0 N–H and O–H groups in total. The van der Waals surface area contributed by atoms with Gasteiger partial charge in [-0.3, -0.25) is 0 Å². The standard InChI is InChI=1S/C15H31NP2/c1-16(2)14-11-9-13(10-12-14)15(17(3,4)5)18(6,7)8/h9-12,15,17-18H,1-8H3. The summed E-state index contributed by atoms with van der Waals surface area (Å²) < 4.78 is 0. The van der Waals surface area contributed by atoms with Crippen LogP contribution in [0.1, 0.15) is 11.0 Å². The topological polar surface area (TPSA) is 3.24 Å². The third kappa shape index (κ3) is 3.94. The van der Waals surface area contributed by atoms with Crippen molar-refractivity contribution in [3.8, 4) is 0 Å². The molecule has 1 rings (SSSR count). The van der Waals surface area contributed by atoms with Gasteiger partial charge in [0.1, 0.15) is 0 Å². The van der Waals surface area contributed by atoms with E-state index >= 15 is 0 Å². The Morgan fingerprint density at radius 3 is 1.44 bits per heavy atom. The van der Waals surface area contributed by atoms with Crippen molar-refractivity contribution >= 4 is 20.2 Å². The van der Waals surface area contributed by atoms with Crippen molar-refractivity contribution in [3.05, 3.63) is 29.8 Å². The fourth-order valence-electron chi connectivity index (χ4n) is 3.26. The Morgan fingerprint density at radius 1 is 0.778 bits per heavy atom. The van der Waals surface area contributed by atoms with Crippen molar-refractivity contribution in [3.63, 3.8) is 0 Å². The molecule has 0 fully saturated rings. The van der Waals surface area contributed by atoms with Crippen molar-refractivity contribution in [1.29, 1.82) is 0 Å². The summed E-state index contributed by atoms with van der Waals surface area (Å²) in [5.74, 6) is 0. The molecule has 106 valence electrons. The van der Waals surface area contributed by atoms with Crippen molar-refractivity contribution in [2.45, 2.75) is 5.40 Å². The van der Waals surface area contributed by atoms with Gasteiger partial charge in [-0.15, -0.1) is 0 Å². The summed E-state index contributed by atoms with van der Waals surface area (Å²) in [6.07, 6.45) is 0. The van der Waals surface area contributed by atoms with E-state index in [4.69, 9.17) is 0 Å². The van der Waals surface area contributed by atoms with Crippen LogP contribution in [0.15, 0.2) is 24.3 Å². The molecule has 0 aliphatic heterocycles. The summed E-state index contributed by atoms with van der Waals surface area (Å²) in [6, 6.07) is 9.25. The molecule has 0 saturated carbocycles. The van der Waals surface area contributed by atoms with Gasteiger partial charge in [0.15, 0.2) is 0 Å². The van der Waals surface area contributed by atoms with Crippen molar-refractivity contribution in [2.75, 3.05) is 59.0 Å². The van der Waals surface area contributed by atoms with Crippen LogP contribution in [-0.4, -0.2) is 54.1 Å². The molecule has 0 atom stereocenters. The van der Waals surface area contributed by atoms with Gasteiger partial charge < -0.3 is 0 Å². The molecule has 0 aliphatic carbocycles. The Kier molecular flexibility index (Phi) is 4.85. The van der Waals surface area contributed by atoms with Crippen LogP contribution in [0, 0.1) is 0 Å². The fraction of sp³-hybridized carbons (Fsp3) is 0.600. The Morgan fingerprint density at radius 2 is 1.17 bits per heavy atom. The van der Waals surface area contributed by atoms with Crippen LogP contribution in [0.25, 0.3) is 0 Å². The zero-order chi connectivity index (χ0) is 14.1. The molecule has 0 bridgehead atoms. The molecule has 3 heteroatoms. The third-order valence-corrected chi connectivity index (χ3v) is 12.8. The van der Waals surface area contributed by atoms with Gasteiger partial charge in [-0.05, 0) is 0 Å². The number of hydrogen-bond donors (Lipinski definition) is 0. The number of hydrogen-bond acceptors (Lipinski definition) is 1. The zero-order valence-corrected chi connectivity index (χ0v) is 15.3. The molecule has 18 heavy (non-hydrogen) atoms. The van der Waals surface area contributed by atoms with Crippen LogP contribution in [0.2, 0.25) is 0 Å². The third-order valence-electron chi connectivity index (χ3n) is 3.47. The molecule has 1 nitrogen and oxygen atoms in total. The van der Waals surface area contributed by atoms with Gasteiger partial charge in [-0.1, -0.05) is 0 Å². The van der Waals surface area contributed by atoms with Gasteiger partial charge in [0.05, 0.1) is 0 Å². The molecular formula is C15H31NP2. The number of anilines is 1. The second-order valence-corrected chi connectivity index (χ2v) is 18.8. The van der Waals surface area contributed by atoms with E-state index in [0.717, 1.165) is 5.40 Å². The van der Waals surface area contributed by atoms with E-state index in [0.29, 0.717) is 0 Å². The predicted molar refractivity (Wildman–Crippen MR) is 95.7 cm³/mol. The molecule has 0 heterocycles. The Labute approximate surface area is 115 Å². The monoisotopic (exact) mass is 287 g/mol. The first-order valence-corrected chi connectivity index (χ1v) is 14.0. The van der Waals surface area contributed by atoms with Gasteiger partial charge in [0.25, 0.3) is 0 Å². The minimum absolute atomic E-state index is 0.834. The van der Waals surface area contributed by atoms with E-state index in [1.807, 2.05) is 0 Å². The van der Waals surface area contributed by atoms with Gasteiger partial charge in [0.2, 0.25) is 0 Å². The Hall–Kier alpha value is -0.120. The van der Waals surface area contributed by atoms with Gasteiger partial charge in [-0.2, -0.15) is 0 Å². The van der Waals surface area contributed by atoms with Crippen LogP contribution in [0.4, 0.5) is 5.69 Å². The average Bonchev–Trinajstić information content (AvgIpc) is 2.13. The van der Waals surface area contributed by atoms with Gasteiger partial charge in [-0.25, -0.2) is 0 Å². The van der Waals surface area contributed by atoms with Gasteiger partial charge in [0, 0.05) is 0 Å². The number of rotatable bonds is 4. The number of benzene rings is 1. The second kappa shape index (κ2) is 5.48. The van der Waals surface area contributed by atoms with Crippen molar-refractivity contribution < 1.29 is 0 Å². The average molecular weight is 287 g/mol. The van der Waals surface area contributed by atoms with Crippen molar-refractivity contribution in [1.82, 2.24) is 0 Å². The fourth-order valence-corrected chi connectivity index (χ4v) is 16.0. The zero-order valence-electron chi connectivity index (χ0n) is 13.3. The molecule has 0 aromatic heterocycles. The first-order chi connectivity index (χ1) is 8.03. The summed E-state index contributed by atoms with van der Waals surface area (Å²) in [4.78, 5) is 2.17. The van der Waals surface area contributed by atoms with Gasteiger partial charge >= 0.3 is 114 Å². The molecule has 1 aromatic carbocycles. The van der Waals surface area contributed by atoms with E-state index in [2.05, 4.69) is 83.2 Å². The molecule has 0 unspecified atom stereocenters. The second-order valence-electron chi connectivity index (χ2n) is 7.65. The van der Waals surface area contributed by atoms with Crippen LogP contribution < -0.4 is 4.90 Å². The van der Waals surface area contributed by atoms with E-state index < -0.39 is 14.5 Å². The van der Waals surface area contributed by atoms with Crippen LogP contribution in [0.3, 0.4) is 0 Å². The molecule has 0 amide bonds. The summed E-state index contributed by atoms with van der Waals surface area (Å²) in [7, 11) is 1.88. The summed E-state index contributed by atoms with van der Waals surface area (Å²) in [5.41, 5.74) is 2.86. The molecule has 0 aliphatic rings. The van der Waals surface area contributed by atoms with E-state index in [-0.39, 0.29) is 0 Å². The first kappa shape index (κ1) is 15.9. The van der Waals surface area contributed by atoms with E-state index in [9.17, 15) is 0 Å². The van der Waals surface area contributed by atoms with E-state index in [1.165, 1.54) is 5.69 Å². The molecule has 0 saturated heterocycles. The van der Waals surface area contributed by atoms with Crippen molar-refractivity contribution in [2.24, 2.45) is 0 Å². The first-order valence-electron chi connectivity index (χ1n) is 6.81. The molecule has 1 aromatic rings. The maximum absolute atomic E-state index is 2.51. The quantitative estimate of drug-likeness (QED) is 0.756. The normalized spacial score (nSPS) is 16.2. The number of nitrogens with zero attached hydrogens (tertiary/aromatic N) is 1. The predicted octanol–water partition coefficient (Wildman–Crippen LogP) is 4.03. The van der Waals surface area contributed by atoms with Crippen LogP contribution in [0.5, 0.6) is 0 Å². The van der Waals surface area contributed by atoms with E-state index in [1.54, 1.807) is 5.56 Å². The maximum atomic E-state index is 2.51. The van der Waals surface area contributed by atoms with Crippen LogP contribution >= 0.6 is 14.5 Å². The summed E-state index contributed by atoms with van der Waals surface area (Å²) in [5, 5.41) is 0.834. The molecular weight excluding hydrogens is 256 g/mol. The Balaban J connectivity index is 3.16. The summed E-state index contributed by atoms with van der Waals surface area (Å²) >= 11 is 0. The molecule has 0 spiro atoms. The summed E-state index contributed by atoms with van der Waals surface area (Å²) in [6.45, 7) is 15.1. The Bertz CT molecular complexity index is 368. The minimum atomic E-state index is -1.16. The molecule has 0 radical (unpaired) electrons. The van der Waals surface area contributed by atoms with Crippen LogP contribution in [-0.2, 0) is 0 Å².